The predicted molar refractivity (Wildman–Crippen MR) is 103 cm³/mol. The van der Waals surface area contributed by atoms with Crippen molar-refractivity contribution < 1.29 is 23.7 Å². The molecular formula is C22H24O5. The Kier molecular flexibility index (Phi) is 5.51. The van der Waals surface area contributed by atoms with Crippen molar-refractivity contribution in [1.82, 2.24) is 0 Å². The van der Waals surface area contributed by atoms with Crippen molar-refractivity contribution in [3.63, 3.8) is 0 Å². The third kappa shape index (κ3) is 4.49. The summed E-state index contributed by atoms with van der Waals surface area (Å²) in [6.07, 6.45) is 2.08. The highest BCUT2D eigenvalue weighted by Gasteiger charge is 2.26. The Morgan fingerprint density at radius 2 is 1.78 bits per heavy atom. The molecule has 0 saturated carbocycles. The van der Waals surface area contributed by atoms with E-state index < -0.39 is 5.60 Å². The second-order valence-corrected chi connectivity index (χ2v) is 6.92. The zero-order valence-corrected chi connectivity index (χ0v) is 16.1. The molecule has 0 aliphatic carbocycles. The number of carbonyl (C=O) groups is 1. The maximum atomic E-state index is 11.5. The number of fused-ring (bicyclic) bond motifs is 1. The van der Waals surface area contributed by atoms with E-state index in [4.69, 9.17) is 18.9 Å². The molecule has 0 bridgehead atoms. The molecule has 3 rings (SSSR count). The first kappa shape index (κ1) is 19.0. The third-order valence-corrected chi connectivity index (χ3v) is 4.33. The van der Waals surface area contributed by atoms with Gasteiger partial charge in [-0.25, -0.2) is 4.79 Å². The summed E-state index contributed by atoms with van der Waals surface area (Å²) in [5.41, 5.74) is 3.15. The molecule has 0 N–H and O–H groups in total. The molecule has 0 atom stereocenters. The maximum absolute atomic E-state index is 11.5. The van der Waals surface area contributed by atoms with Gasteiger partial charge in [-0.05, 0) is 61.4 Å². The third-order valence-electron chi connectivity index (χ3n) is 4.33. The monoisotopic (exact) mass is 368 g/mol. The summed E-state index contributed by atoms with van der Waals surface area (Å²) in [7, 11) is 3.02. The van der Waals surface area contributed by atoms with Gasteiger partial charge in [0.25, 0.3) is 0 Å². The predicted octanol–water partition coefficient (Wildman–Crippen LogP) is 4.25. The lowest BCUT2D eigenvalue weighted by atomic mass is 9.95. The van der Waals surface area contributed by atoms with Gasteiger partial charge in [-0.1, -0.05) is 12.1 Å². The second kappa shape index (κ2) is 7.84. The highest BCUT2D eigenvalue weighted by Crippen LogP contribution is 2.38. The summed E-state index contributed by atoms with van der Waals surface area (Å²) in [5.74, 6) is 1.26. The van der Waals surface area contributed by atoms with Crippen LogP contribution in [-0.4, -0.2) is 32.4 Å². The van der Waals surface area contributed by atoms with Crippen LogP contribution < -0.4 is 9.47 Å². The molecule has 0 aromatic heterocycles. The Balaban J connectivity index is 1.70. The zero-order valence-electron chi connectivity index (χ0n) is 16.1. The first-order valence-electron chi connectivity index (χ1n) is 8.76. The Labute approximate surface area is 159 Å². The molecule has 0 fully saturated rings. The van der Waals surface area contributed by atoms with E-state index in [9.17, 15) is 4.79 Å². The van der Waals surface area contributed by atoms with Gasteiger partial charge in [0.15, 0.2) is 0 Å². The number of esters is 1. The lowest BCUT2D eigenvalue weighted by Gasteiger charge is -2.31. The Hall–Kier alpha value is -2.79. The molecular weight excluding hydrogens is 344 g/mol. The van der Waals surface area contributed by atoms with Crippen LogP contribution >= 0.6 is 0 Å². The standard InChI is InChI=1S/C22H24O5/c1-22(2)12-17(19-11-18(24-3)9-10-20(19)27-22)14-26-13-15-5-7-16(8-6-15)21(23)25-4/h5-12H,13-14H2,1-4H3. The van der Waals surface area contributed by atoms with Crippen molar-refractivity contribution in [2.45, 2.75) is 26.1 Å². The van der Waals surface area contributed by atoms with E-state index in [2.05, 4.69) is 6.08 Å². The van der Waals surface area contributed by atoms with Crippen molar-refractivity contribution in [1.29, 1.82) is 0 Å². The first-order valence-corrected chi connectivity index (χ1v) is 8.76. The average Bonchev–Trinajstić information content (AvgIpc) is 2.66. The highest BCUT2D eigenvalue weighted by atomic mass is 16.5. The summed E-state index contributed by atoms with van der Waals surface area (Å²) in [6.45, 7) is 4.93. The van der Waals surface area contributed by atoms with E-state index >= 15 is 0 Å². The van der Waals surface area contributed by atoms with Gasteiger partial charge in [-0.15, -0.1) is 0 Å². The minimum atomic E-state index is -0.400. The van der Waals surface area contributed by atoms with E-state index in [1.54, 1.807) is 19.2 Å². The largest absolute Gasteiger partial charge is 0.497 e. The Morgan fingerprint density at radius 1 is 1.04 bits per heavy atom. The molecule has 5 nitrogen and oxygen atoms in total. The van der Waals surface area contributed by atoms with Crippen molar-refractivity contribution >= 4 is 11.5 Å². The fraction of sp³-hybridized carbons (Fsp3) is 0.318. The molecule has 0 saturated heterocycles. The Bertz CT molecular complexity index is 850. The van der Waals surface area contributed by atoms with Crippen LogP contribution in [0.2, 0.25) is 0 Å². The van der Waals surface area contributed by atoms with E-state index in [1.165, 1.54) is 7.11 Å². The fourth-order valence-electron chi connectivity index (χ4n) is 3.04. The molecule has 2 aromatic carbocycles. The number of rotatable bonds is 6. The summed E-state index contributed by atoms with van der Waals surface area (Å²) in [6, 6.07) is 13.0. The molecule has 0 radical (unpaired) electrons. The molecule has 1 aliphatic heterocycles. The summed E-state index contributed by atoms with van der Waals surface area (Å²) < 4.78 is 22.0. The summed E-state index contributed by atoms with van der Waals surface area (Å²) in [5, 5.41) is 0. The lowest BCUT2D eigenvalue weighted by Crippen LogP contribution is -2.29. The van der Waals surface area contributed by atoms with Crippen LogP contribution in [0.4, 0.5) is 0 Å². The first-order chi connectivity index (χ1) is 12.9. The van der Waals surface area contributed by atoms with Gasteiger partial charge >= 0.3 is 5.97 Å². The van der Waals surface area contributed by atoms with Crippen LogP contribution in [0.15, 0.2) is 48.5 Å². The molecule has 2 aromatic rings. The summed E-state index contributed by atoms with van der Waals surface area (Å²) >= 11 is 0. The number of benzene rings is 2. The van der Waals surface area contributed by atoms with E-state index in [0.29, 0.717) is 18.8 Å². The zero-order chi connectivity index (χ0) is 19.4. The second-order valence-electron chi connectivity index (χ2n) is 6.92. The van der Waals surface area contributed by atoms with Gasteiger partial charge < -0.3 is 18.9 Å². The molecule has 0 unspecified atom stereocenters. The van der Waals surface area contributed by atoms with Crippen LogP contribution in [0.25, 0.3) is 5.57 Å². The summed E-state index contributed by atoms with van der Waals surface area (Å²) in [4.78, 5) is 11.5. The quantitative estimate of drug-likeness (QED) is 0.714. The number of methoxy groups -OCH3 is 2. The number of hydrogen-bond acceptors (Lipinski definition) is 5. The molecule has 0 amide bonds. The number of hydrogen-bond donors (Lipinski definition) is 0. The van der Waals surface area contributed by atoms with Gasteiger partial charge in [0.1, 0.15) is 17.1 Å². The number of carbonyl (C=O) groups excluding carboxylic acids is 1. The van der Waals surface area contributed by atoms with E-state index in [1.807, 2.05) is 44.2 Å². The van der Waals surface area contributed by atoms with E-state index in [0.717, 1.165) is 28.2 Å². The van der Waals surface area contributed by atoms with E-state index in [-0.39, 0.29) is 5.97 Å². The van der Waals surface area contributed by atoms with Crippen molar-refractivity contribution in [3.05, 3.63) is 65.2 Å². The van der Waals surface area contributed by atoms with Crippen molar-refractivity contribution in [3.8, 4) is 11.5 Å². The van der Waals surface area contributed by atoms with Crippen molar-refractivity contribution in [2.24, 2.45) is 0 Å². The Morgan fingerprint density at radius 3 is 2.44 bits per heavy atom. The van der Waals surface area contributed by atoms with Gasteiger partial charge in [-0.2, -0.15) is 0 Å². The minimum Gasteiger partial charge on any atom is -0.497 e. The SMILES string of the molecule is COC(=O)c1ccc(COCC2=CC(C)(C)Oc3ccc(OC)cc32)cc1. The maximum Gasteiger partial charge on any atom is 0.337 e. The normalized spacial score (nSPS) is 14.6. The molecule has 0 spiro atoms. The molecule has 5 heteroatoms. The lowest BCUT2D eigenvalue weighted by molar-refractivity contribution is 0.0600. The van der Waals surface area contributed by atoms with Crippen molar-refractivity contribution in [2.75, 3.05) is 20.8 Å². The van der Waals surface area contributed by atoms with Gasteiger partial charge in [-0.3, -0.25) is 0 Å². The minimum absolute atomic E-state index is 0.345. The van der Waals surface area contributed by atoms with Crippen LogP contribution in [0.3, 0.4) is 0 Å². The molecule has 27 heavy (non-hydrogen) atoms. The molecule has 142 valence electrons. The molecule has 1 heterocycles. The smallest absolute Gasteiger partial charge is 0.337 e. The topological polar surface area (TPSA) is 54.0 Å². The number of ether oxygens (including phenoxy) is 4. The van der Waals surface area contributed by atoms with Gasteiger partial charge in [0, 0.05) is 5.56 Å². The highest BCUT2D eigenvalue weighted by molar-refractivity contribution is 5.89. The van der Waals surface area contributed by atoms with Crippen LogP contribution in [0.1, 0.15) is 35.3 Å². The van der Waals surface area contributed by atoms with Crippen LogP contribution in [-0.2, 0) is 16.1 Å². The van der Waals surface area contributed by atoms with Gasteiger partial charge in [0.2, 0.25) is 0 Å². The molecule has 1 aliphatic rings. The van der Waals surface area contributed by atoms with Crippen LogP contribution in [0, 0.1) is 0 Å². The van der Waals surface area contributed by atoms with Gasteiger partial charge in [0.05, 0.1) is 33.0 Å². The van der Waals surface area contributed by atoms with Crippen LogP contribution in [0.5, 0.6) is 11.5 Å². The fourth-order valence-corrected chi connectivity index (χ4v) is 3.04. The average molecular weight is 368 g/mol.